The van der Waals surface area contributed by atoms with Crippen LogP contribution in [-0.4, -0.2) is 46.3 Å². The van der Waals surface area contributed by atoms with Crippen molar-refractivity contribution in [3.8, 4) is 0 Å². The lowest BCUT2D eigenvalue weighted by Gasteiger charge is -2.11. The Balaban J connectivity index is 1.97. The summed E-state index contributed by atoms with van der Waals surface area (Å²) < 4.78 is 0. The zero-order chi connectivity index (χ0) is 13.1. The van der Waals surface area contributed by atoms with Gasteiger partial charge in [0.25, 0.3) is 0 Å². The van der Waals surface area contributed by atoms with Crippen LogP contribution in [0.4, 0.5) is 5.69 Å². The number of aliphatic hydroxyl groups is 2. The number of nitrogen functional groups attached to an aromatic ring is 1. The molecule has 0 bridgehead atoms. The molecule has 0 aliphatic carbocycles. The van der Waals surface area contributed by atoms with E-state index in [4.69, 9.17) is 5.73 Å². The van der Waals surface area contributed by atoms with E-state index < -0.39 is 12.2 Å². The zero-order valence-electron chi connectivity index (χ0n) is 9.86. The van der Waals surface area contributed by atoms with E-state index in [-0.39, 0.29) is 19.0 Å². The highest BCUT2D eigenvalue weighted by Crippen LogP contribution is 2.12. The molecule has 1 aliphatic rings. The monoisotopic (exact) mass is 248 g/mol. The van der Waals surface area contributed by atoms with Gasteiger partial charge >= 0.3 is 0 Å². The van der Waals surface area contributed by atoms with Crippen LogP contribution in [0.3, 0.4) is 0 Å². The maximum absolute atomic E-state index is 11.8. The summed E-state index contributed by atoms with van der Waals surface area (Å²) in [6.45, 7) is 0.345. The van der Waals surface area contributed by atoms with Crippen LogP contribution in [0.2, 0.25) is 0 Å². The number of amides is 1. The average Bonchev–Trinajstić information content (AvgIpc) is 2.69. The maximum atomic E-state index is 11.8. The van der Waals surface area contributed by atoms with Gasteiger partial charge in [0.15, 0.2) is 0 Å². The number of hydrogen-bond donors (Lipinski definition) is 3. The number of likely N-dealkylation sites (tertiary alicyclic amines) is 1. The molecule has 1 aromatic rings. The van der Waals surface area contributed by atoms with Crippen LogP contribution < -0.4 is 5.73 Å². The van der Waals surface area contributed by atoms with Crippen LogP contribution in [0.5, 0.6) is 0 Å². The predicted octanol–water partition coefficient (Wildman–Crippen LogP) is -0.154. The molecule has 1 fully saturated rings. The molecule has 1 amide bonds. The number of nitrogens with zero attached hydrogens (tertiary/aromatic N) is 1. The molecule has 0 radical (unpaired) electrons. The van der Waals surface area contributed by atoms with E-state index in [9.17, 15) is 15.0 Å². The van der Waals surface area contributed by atoms with Gasteiger partial charge in [-0.2, -0.15) is 0 Å². The van der Waals surface area contributed by atoms with Crippen molar-refractivity contribution in [2.24, 2.45) is 0 Å². The molecular formula is C13H16N2O3. The van der Waals surface area contributed by atoms with Crippen LogP contribution in [0.15, 0.2) is 30.3 Å². The first-order chi connectivity index (χ1) is 8.56. The molecule has 0 saturated carbocycles. The van der Waals surface area contributed by atoms with Crippen molar-refractivity contribution in [3.05, 3.63) is 35.9 Å². The Morgan fingerprint density at radius 1 is 1.22 bits per heavy atom. The first kappa shape index (κ1) is 12.6. The number of aliphatic hydroxyl groups excluding tert-OH is 2. The van der Waals surface area contributed by atoms with E-state index >= 15 is 0 Å². The standard InChI is InChI=1S/C13H16N2O3/c14-10-4-1-9(2-5-10)3-6-13(18)15-7-11(16)12(17)8-15/h1-6,11-12,16-17H,7-8,14H2/b6-3+/t11-,12+. The molecule has 5 nitrogen and oxygen atoms in total. The number of carbonyl (C=O) groups is 1. The van der Waals surface area contributed by atoms with Gasteiger partial charge in [-0.15, -0.1) is 0 Å². The molecule has 18 heavy (non-hydrogen) atoms. The molecule has 4 N–H and O–H groups in total. The topological polar surface area (TPSA) is 86.8 Å². The van der Waals surface area contributed by atoms with E-state index in [0.29, 0.717) is 5.69 Å². The minimum Gasteiger partial charge on any atom is -0.399 e. The second-order valence-corrected chi connectivity index (χ2v) is 4.38. The molecule has 1 aromatic carbocycles. The van der Waals surface area contributed by atoms with Crippen molar-refractivity contribution in [1.82, 2.24) is 4.90 Å². The molecule has 0 unspecified atom stereocenters. The Kier molecular flexibility index (Phi) is 3.64. The fraction of sp³-hybridized carbons (Fsp3) is 0.308. The Morgan fingerprint density at radius 3 is 2.33 bits per heavy atom. The van der Waals surface area contributed by atoms with Gasteiger partial charge in [-0.1, -0.05) is 12.1 Å². The number of rotatable bonds is 2. The molecular weight excluding hydrogens is 232 g/mol. The van der Waals surface area contributed by atoms with E-state index in [0.717, 1.165) is 5.56 Å². The number of anilines is 1. The second kappa shape index (κ2) is 5.20. The van der Waals surface area contributed by atoms with E-state index in [2.05, 4.69) is 0 Å². The third kappa shape index (κ3) is 2.88. The first-order valence-electron chi connectivity index (χ1n) is 5.75. The van der Waals surface area contributed by atoms with Crippen molar-refractivity contribution in [1.29, 1.82) is 0 Å². The lowest BCUT2D eigenvalue weighted by atomic mass is 10.2. The van der Waals surface area contributed by atoms with Crippen LogP contribution >= 0.6 is 0 Å². The Labute approximate surface area is 105 Å². The van der Waals surface area contributed by atoms with Crippen molar-refractivity contribution in [3.63, 3.8) is 0 Å². The summed E-state index contributed by atoms with van der Waals surface area (Å²) in [4.78, 5) is 13.2. The van der Waals surface area contributed by atoms with Crippen molar-refractivity contribution >= 4 is 17.7 Å². The van der Waals surface area contributed by atoms with Crippen molar-refractivity contribution < 1.29 is 15.0 Å². The van der Waals surface area contributed by atoms with Gasteiger partial charge in [0.05, 0.1) is 12.2 Å². The van der Waals surface area contributed by atoms with Gasteiger partial charge in [0.2, 0.25) is 5.91 Å². The predicted molar refractivity (Wildman–Crippen MR) is 68.5 cm³/mol. The molecule has 1 saturated heterocycles. The molecule has 5 heteroatoms. The first-order valence-corrected chi connectivity index (χ1v) is 5.75. The smallest absolute Gasteiger partial charge is 0.246 e. The highest BCUT2D eigenvalue weighted by Gasteiger charge is 2.31. The molecule has 96 valence electrons. The van der Waals surface area contributed by atoms with Crippen molar-refractivity contribution in [2.45, 2.75) is 12.2 Å². The third-order valence-corrected chi connectivity index (χ3v) is 2.93. The second-order valence-electron chi connectivity index (χ2n) is 4.38. The third-order valence-electron chi connectivity index (χ3n) is 2.93. The zero-order valence-corrected chi connectivity index (χ0v) is 9.86. The van der Waals surface area contributed by atoms with Crippen molar-refractivity contribution in [2.75, 3.05) is 18.8 Å². The summed E-state index contributed by atoms with van der Waals surface area (Å²) in [5, 5.41) is 18.7. The number of carbonyl (C=O) groups excluding carboxylic acids is 1. The quantitative estimate of drug-likeness (QED) is 0.501. The van der Waals surface area contributed by atoms with Gasteiger partial charge in [-0.05, 0) is 23.8 Å². The van der Waals surface area contributed by atoms with Gasteiger partial charge in [0.1, 0.15) is 0 Å². The average molecular weight is 248 g/mol. The molecule has 1 heterocycles. The fourth-order valence-corrected chi connectivity index (χ4v) is 1.83. The lowest BCUT2D eigenvalue weighted by Crippen LogP contribution is -2.27. The molecule has 2 rings (SSSR count). The van der Waals surface area contributed by atoms with Crippen LogP contribution in [0, 0.1) is 0 Å². The number of β-amino-alcohol motifs (C(OH)–C–C–N with tert-alkyl or cyclic N) is 2. The molecule has 2 atom stereocenters. The van der Waals surface area contributed by atoms with Gasteiger partial charge in [0, 0.05) is 24.9 Å². The van der Waals surface area contributed by atoms with Crippen LogP contribution in [-0.2, 0) is 4.79 Å². The largest absolute Gasteiger partial charge is 0.399 e. The van der Waals surface area contributed by atoms with Gasteiger partial charge in [-0.3, -0.25) is 4.79 Å². The summed E-state index contributed by atoms with van der Waals surface area (Å²) in [5.74, 6) is -0.220. The SMILES string of the molecule is Nc1ccc(/C=C/C(=O)N2C[C@@H](O)[C@@H](O)C2)cc1. The summed E-state index contributed by atoms with van der Waals surface area (Å²) in [5.41, 5.74) is 7.10. The van der Waals surface area contributed by atoms with E-state index in [1.807, 2.05) is 12.1 Å². The summed E-state index contributed by atoms with van der Waals surface area (Å²) >= 11 is 0. The number of benzene rings is 1. The Morgan fingerprint density at radius 2 is 1.78 bits per heavy atom. The maximum Gasteiger partial charge on any atom is 0.246 e. The fourth-order valence-electron chi connectivity index (χ4n) is 1.83. The normalized spacial score (nSPS) is 23.8. The van der Waals surface area contributed by atoms with Crippen LogP contribution in [0.1, 0.15) is 5.56 Å². The number of hydrogen-bond acceptors (Lipinski definition) is 4. The minimum absolute atomic E-state index is 0.173. The minimum atomic E-state index is -0.848. The highest BCUT2D eigenvalue weighted by molar-refractivity contribution is 5.92. The Bertz CT molecular complexity index is 446. The number of nitrogens with two attached hydrogens (primary N) is 1. The summed E-state index contributed by atoms with van der Waals surface area (Å²) in [6, 6.07) is 7.14. The highest BCUT2D eigenvalue weighted by atomic mass is 16.3. The Hall–Kier alpha value is -1.85. The van der Waals surface area contributed by atoms with Gasteiger partial charge < -0.3 is 20.8 Å². The molecule has 1 aliphatic heterocycles. The van der Waals surface area contributed by atoms with E-state index in [1.165, 1.54) is 11.0 Å². The molecule has 0 spiro atoms. The summed E-state index contributed by atoms with van der Waals surface area (Å²) in [7, 11) is 0. The molecule has 0 aromatic heterocycles. The van der Waals surface area contributed by atoms with Crippen LogP contribution in [0.25, 0.3) is 6.08 Å². The van der Waals surface area contributed by atoms with Gasteiger partial charge in [-0.25, -0.2) is 0 Å². The van der Waals surface area contributed by atoms with E-state index in [1.54, 1.807) is 18.2 Å². The lowest BCUT2D eigenvalue weighted by molar-refractivity contribution is -0.125. The summed E-state index contributed by atoms with van der Waals surface area (Å²) in [6.07, 6.45) is 1.41.